The summed E-state index contributed by atoms with van der Waals surface area (Å²) in [5.41, 5.74) is 8.85. The Morgan fingerprint density at radius 3 is 2.47 bits per heavy atom. The van der Waals surface area contributed by atoms with Crippen LogP contribution in [0, 0.1) is 12.3 Å². The van der Waals surface area contributed by atoms with Crippen molar-refractivity contribution < 1.29 is 14.3 Å². The molecule has 0 saturated carbocycles. The van der Waals surface area contributed by atoms with Gasteiger partial charge in [-0.1, -0.05) is 0 Å². The number of rotatable bonds is 6. The minimum absolute atomic E-state index is 0. The second-order valence-electron chi connectivity index (χ2n) is 7.19. The van der Waals surface area contributed by atoms with Crippen LogP contribution in [-0.4, -0.2) is 42.7 Å². The van der Waals surface area contributed by atoms with Crippen molar-refractivity contribution in [2.75, 3.05) is 25.5 Å². The van der Waals surface area contributed by atoms with E-state index in [1.165, 1.54) is 7.11 Å². The lowest BCUT2D eigenvalue weighted by Crippen LogP contribution is -2.28. The van der Waals surface area contributed by atoms with Crippen molar-refractivity contribution >= 4 is 35.7 Å². The van der Waals surface area contributed by atoms with Gasteiger partial charge >= 0.3 is 0 Å². The number of benzene rings is 2. The molecule has 1 aliphatic rings. The topological polar surface area (TPSA) is 109 Å². The van der Waals surface area contributed by atoms with Crippen LogP contribution in [0.2, 0.25) is 0 Å². The van der Waals surface area contributed by atoms with E-state index in [1.54, 1.807) is 30.3 Å². The average Bonchev–Trinajstić information content (AvgIpc) is 3.22. The van der Waals surface area contributed by atoms with Crippen molar-refractivity contribution in [3.8, 4) is 5.75 Å². The number of carbonyl (C=O) groups excluding carboxylic acids is 2. The Kier molecular flexibility index (Phi) is 7.83. The summed E-state index contributed by atoms with van der Waals surface area (Å²) in [7, 11) is 1.53. The van der Waals surface area contributed by atoms with Crippen LogP contribution < -0.4 is 15.8 Å². The quantitative estimate of drug-likeness (QED) is 0.483. The van der Waals surface area contributed by atoms with Gasteiger partial charge in [-0.3, -0.25) is 15.0 Å². The molecule has 7 nitrogen and oxygen atoms in total. The number of nitrogens with zero attached hydrogens (tertiary/aromatic N) is 1. The Labute approximate surface area is 182 Å². The molecule has 1 saturated heterocycles. The molecular formula is C22H27ClN4O3. The highest BCUT2D eigenvalue weighted by atomic mass is 35.5. The van der Waals surface area contributed by atoms with Gasteiger partial charge < -0.3 is 20.7 Å². The first-order valence-corrected chi connectivity index (χ1v) is 9.60. The molecule has 0 spiro atoms. The van der Waals surface area contributed by atoms with Crippen molar-refractivity contribution in [2.45, 2.75) is 26.2 Å². The molecule has 30 heavy (non-hydrogen) atoms. The zero-order valence-electron chi connectivity index (χ0n) is 17.2. The zero-order chi connectivity index (χ0) is 21.0. The highest BCUT2D eigenvalue weighted by molar-refractivity contribution is 5.98. The van der Waals surface area contributed by atoms with Gasteiger partial charge in [0.1, 0.15) is 11.6 Å². The monoisotopic (exact) mass is 430 g/mol. The minimum atomic E-state index is -0.220. The fraction of sp³-hybridized carbons (Fsp3) is 0.318. The van der Waals surface area contributed by atoms with Gasteiger partial charge in [0.15, 0.2) is 0 Å². The molecule has 2 aromatic rings. The third kappa shape index (κ3) is 5.30. The molecule has 0 bridgehead atoms. The van der Waals surface area contributed by atoms with Gasteiger partial charge in [0.2, 0.25) is 5.91 Å². The van der Waals surface area contributed by atoms with Crippen LogP contribution in [0.4, 0.5) is 5.69 Å². The Morgan fingerprint density at radius 1 is 1.17 bits per heavy atom. The van der Waals surface area contributed by atoms with Crippen LogP contribution in [0.5, 0.6) is 5.75 Å². The SMILES string of the molecule is COc1ccc(C(=N)N)cc1CC(=O)Nc1ccc(C(=O)N2CCCC2)c(C)c1.Cl. The maximum Gasteiger partial charge on any atom is 0.254 e. The number of hydrogen-bond donors (Lipinski definition) is 3. The zero-order valence-corrected chi connectivity index (χ0v) is 18.0. The summed E-state index contributed by atoms with van der Waals surface area (Å²) in [6, 6.07) is 10.4. The predicted octanol–water partition coefficient (Wildman–Crippen LogP) is 3.13. The van der Waals surface area contributed by atoms with E-state index in [0.717, 1.165) is 31.5 Å². The maximum atomic E-state index is 12.6. The third-order valence-corrected chi connectivity index (χ3v) is 5.08. The average molecular weight is 431 g/mol. The van der Waals surface area contributed by atoms with E-state index in [9.17, 15) is 9.59 Å². The Morgan fingerprint density at radius 2 is 1.87 bits per heavy atom. The van der Waals surface area contributed by atoms with E-state index in [2.05, 4.69) is 5.32 Å². The normalized spacial score (nSPS) is 12.8. The van der Waals surface area contributed by atoms with E-state index in [4.69, 9.17) is 15.9 Å². The van der Waals surface area contributed by atoms with Crippen molar-refractivity contribution in [3.63, 3.8) is 0 Å². The predicted molar refractivity (Wildman–Crippen MR) is 120 cm³/mol. The van der Waals surface area contributed by atoms with Gasteiger partial charge in [0, 0.05) is 35.5 Å². The van der Waals surface area contributed by atoms with Gasteiger partial charge in [-0.2, -0.15) is 0 Å². The fourth-order valence-electron chi connectivity index (χ4n) is 3.53. The molecule has 0 aromatic heterocycles. The molecule has 0 unspecified atom stereocenters. The highest BCUT2D eigenvalue weighted by Crippen LogP contribution is 2.22. The number of methoxy groups -OCH3 is 1. The second-order valence-corrected chi connectivity index (χ2v) is 7.19. The number of nitrogens with two attached hydrogens (primary N) is 1. The Bertz CT molecular complexity index is 955. The van der Waals surface area contributed by atoms with Gasteiger partial charge in [-0.25, -0.2) is 0 Å². The van der Waals surface area contributed by atoms with Crippen LogP contribution in [-0.2, 0) is 11.2 Å². The first kappa shape index (κ1) is 23.2. The van der Waals surface area contributed by atoms with Crippen LogP contribution in [0.15, 0.2) is 36.4 Å². The van der Waals surface area contributed by atoms with Crippen LogP contribution >= 0.6 is 12.4 Å². The lowest BCUT2D eigenvalue weighted by Gasteiger charge is -2.17. The molecule has 2 aromatic carbocycles. The summed E-state index contributed by atoms with van der Waals surface area (Å²) in [5.74, 6) is 0.321. The number of nitrogen functional groups attached to an aromatic ring is 1. The summed E-state index contributed by atoms with van der Waals surface area (Å²) in [4.78, 5) is 27.0. The largest absolute Gasteiger partial charge is 0.496 e. The smallest absolute Gasteiger partial charge is 0.254 e. The summed E-state index contributed by atoms with van der Waals surface area (Å²) >= 11 is 0. The van der Waals surface area contributed by atoms with E-state index in [-0.39, 0.29) is 36.5 Å². The summed E-state index contributed by atoms with van der Waals surface area (Å²) in [6.45, 7) is 3.48. The number of nitrogens with one attached hydrogen (secondary N) is 2. The number of amidine groups is 1. The molecule has 4 N–H and O–H groups in total. The van der Waals surface area contributed by atoms with Crippen molar-refractivity contribution in [1.82, 2.24) is 4.90 Å². The number of carbonyl (C=O) groups is 2. The summed E-state index contributed by atoms with van der Waals surface area (Å²) < 4.78 is 5.31. The lowest BCUT2D eigenvalue weighted by atomic mass is 10.0. The molecule has 1 heterocycles. The van der Waals surface area contributed by atoms with E-state index >= 15 is 0 Å². The third-order valence-electron chi connectivity index (χ3n) is 5.08. The molecule has 1 aliphatic heterocycles. The maximum absolute atomic E-state index is 12.6. The van der Waals surface area contributed by atoms with Crippen molar-refractivity contribution in [1.29, 1.82) is 5.41 Å². The number of aryl methyl sites for hydroxylation is 1. The molecule has 160 valence electrons. The number of ether oxygens (including phenoxy) is 1. The van der Waals surface area contributed by atoms with Gasteiger partial charge in [-0.05, 0) is 61.7 Å². The molecule has 3 rings (SSSR count). The number of likely N-dealkylation sites (tertiary alicyclic amines) is 1. The number of anilines is 1. The van der Waals surface area contributed by atoms with Crippen LogP contribution in [0.1, 0.15) is 39.9 Å². The summed E-state index contributed by atoms with van der Waals surface area (Å²) in [6.07, 6.45) is 2.18. The molecule has 0 atom stereocenters. The van der Waals surface area contributed by atoms with Crippen LogP contribution in [0.3, 0.4) is 0 Å². The standard InChI is InChI=1S/C22H26N4O3.ClH/c1-14-11-17(6-7-18(14)22(28)26-9-3-4-10-26)25-20(27)13-16-12-15(21(23)24)5-8-19(16)29-2;/h5-8,11-12H,3-4,9-10,13H2,1-2H3,(H3,23,24)(H,25,27);1H. The molecule has 2 amide bonds. The minimum Gasteiger partial charge on any atom is -0.496 e. The van der Waals surface area contributed by atoms with Crippen molar-refractivity contribution in [3.05, 3.63) is 58.7 Å². The number of hydrogen-bond acceptors (Lipinski definition) is 4. The number of amides is 2. The molecular weight excluding hydrogens is 404 g/mol. The van der Waals surface area contributed by atoms with E-state index < -0.39 is 0 Å². The first-order valence-electron chi connectivity index (χ1n) is 9.60. The molecule has 8 heteroatoms. The van der Waals surface area contributed by atoms with E-state index in [0.29, 0.717) is 28.1 Å². The highest BCUT2D eigenvalue weighted by Gasteiger charge is 2.21. The molecule has 0 radical (unpaired) electrons. The van der Waals surface area contributed by atoms with Crippen molar-refractivity contribution in [2.24, 2.45) is 5.73 Å². The van der Waals surface area contributed by atoms with Gasteiger partial charge in [0.25, 0.3) is 5.91 Å². The second kappa shape index (κ2) is 10.1. The van der Waals surface area contributed by atoms with Gasteiger partial charge in [0.05, 0.1) is 13.5 Å². The Hall–Kier alpha value is -3.06. The Balaban J connectivity index is 0.00000320. The first-order chi connectivity index (χ1) is 13.9. The summed E-state index contributed by atoms with van der Waals surface area (Å²) in [5, 5.41) is 10.4. The molecule has 1 fully saturated rings. The van der Waals surface area contributed by atoms with Crippen LogP contribution in [0.25, 0.3) is 0 Å². The number of halogens is 1. The fourth-order valence-corrected chi connectivity index (χ4v) is 3.53. The van der Waals surface area contributed by atoms with E-state index in [1.807, 2.05) is 17.9 Å². The lowest BCUT2D eigenvalue weighted by molar-refractivity contribution is -0.115. The van der Waals surface area contributed by atoms with Gasteiger partial charge in [-0.15, -0.1) is 12.4 Å². The molecule has 0 aliphatic carbocycles.